The van der Waals surface area contributed by atoms with Crippen LogP contribution in [0.25, 0.3) is 0 Å². The highest BCUT2D eigenvalue weighted by molar-refractivity contribution is 9.10. The lowest BCUT2D eigenvalue weighted by molar-refractivity contribution is 0.115. The van der Waals surface area contributed by atoms with Crippen LogP contribution in [0.15, 0.2) is 33.6 Å². The second-order valence-electron chi connectivity index (χ2n) is 5.02. The van der Waals surface area contributed by atoms with E-state index in [9.17, 15) is 8.42 Å². The molecule has 21 heavy (non-hydrogen) atoms. The zero-order valence-corrected chi connectivity index (χ0v) is 14.3. The van der Waals surface area contributed by atoms with E-state index in [-0.39, 0.29) is 11.4 Å². The van der Waals surface area contributed by atoms with Gasteiger partial charge in [-0.25, -0.2) is 13.1 Å². The summed E-state index contributed by atoms with van der Waals surface area (Å²) in [4.78, 5) is 2.63. The molecule has 1 saturated heterocycles. The number of benzene rings is 1. The Kier molecular flexibility index (Phi) is 6.63. The molecule has 0 atom stereocenters. The highest BCUT2D eigenvalue weighted by Crippen LogP contribution is 2.15. The lowest BCUT2D eigenvalue weighted by Gasteiger charge is -2.14. The molecule has 5 nitrogen and oxygen atoms in total. The predicted molar refractivity (Wildman–Crippen MR) is 85.8 cm³/mol. The van der Waals surface area contributed by atoms with Crippen molar-refractivity contribution in [3.05, 3.63) is 28.7 Å². The molecule has 1 aliphatic heterocycles. The second-order valence-corrected chi connectivity index (χ2v) is 7.70. The van der Waals surface area contributed by atoms with E-state index in [1.54, 1.807) is 24.3 Å². The molecule has 1 fully saturated rings. The van der Waals surface area contributed by atoms with E-state index < -0.39 is 10.0 Å². The monoisotopic (exact) mass is 376 g/mol. The summed E-state index contributed by atoms with van der Waals surface area (Å²) in [6, 6.07) is 6.64. The molecule has 1 N–H and O–H groups in total. The Morgan fingerprint density at radius 2 is 2.00 bits per heavy atom. The summed E-state index contributed by atoms with van der Waals surface area (Å²) in [5, 5.41) is 0. The van der Waals surface area contributed by atoms with Crippen LogP contribution < -0.4 is 4.72 Å². The third kappa shape index (κ3) is 5.67. The number of nitrogens with one attached hydrogen (secondary N) is 1. The van der Waals surface area contributed by atoms with E-state index in [2.05, 4.69) is 25.6 Å². The van der Waals surface area contributed by atoms with Crippen molar-refractivity contribution in [2.45, 2.75) is 17.7 Å². The minimum Gasteiger partial charge on any atom is -0.379 e. The Morgan fingerprint density at radius 3 is 2.71 bits per heavy atom. The third-order valence-corrected chi connectivity index (χ3v) is 5.35. The van der Waals surface area contributed by atoms with Gasteiger partial charge in [-0.3, -0.25) is 0 Å². The van der Waals surface area contributed by atoms with Crippen LogP contribution >= 0.6 is 15.9 Å². The zero-order chi connectivity index (χ0) is 15.1. The van der Waals surface area contributed by atoms with E-state index >= 15 is 0 Å². The molecule has 118 valence electrons. The molecule has 7 heteroatoms. The van der Waals surface area contributed by atoms with Crippen LogP contribution in [0, 0.1) is 0 Å². The number of sulfonamides is 1. The SMILES string of the molecule is O=S(=O)(NCCOCCN1CCCC1)c1cccc(Br)c1. The molecule has 0 aromatic heterocycles. The van der Waals surface area contributed by atoms with Gasteiger partial charge in [0.15, 0.2) is 0 Å². The summed E-state index contributed by atoms with van der Waals surface area (Å²) < 4.78 is 32.8. The van der Waals surface area contributed by atoms with E-state index in [0.29, 0.717) is 13.2 Å². The number of likely N-dealkylation sites (tertiary alicyclic amines) is 1. The van der Waals surface area contributed by atoms with Gasteiger partial charge >= 0.3 is 0 Å². The summed E-state index contributed by atoms with van der Waals surface area (Å²) in [6.45, 7) is 4.56. The minimum absolute atomic E-state index is 0.258. The molecular weight excluding hydrogens is 356 g/mol. The quantitative estimate of drug-likeness (QED) is 0.703. The van der Waals surface area contributed by atoms with Crippen molar-refractivity contribution in [2.75, 3.05) is 39.4 Å². The molecular formula is C14H21BrN2O3S. The number of halogens is 1. The molecule has 1 aliphatic rings. The lowest BCUT2D eigenvalue weighted by atomic mass is 10.4. The smallest absolute Gasteiger partial charge is 0.240 e. The van der Waals surface area contributed by atoms with Crippen molar-refractivity contribution in [3.63, 3.8) is 0 Å². The van der Waals surface area contributed by atoms with Gasteiger partial charge in [-0.1, -0.05) is 22.0 Å². The van der Waals surface area contributed by atoms with E-state index in [1.165, 1.54) is 12.8 Å². The Labute approximate surface area is 134 Å². The molecule has 0 unspecified atom stereocenters. The second kappa shape index (κ2) is 8.24. The molecule has 0 radical (unpaired) electrons. The van der Waals surface area contributed by atoms with Gasteiger partial charge in [0.05, 0.1) is 18.1 Å². The molecule has 0 saturated carbocycles. The maximum absolute atomic E-state index is 12.0. The summed E-state index contributed by atoms with van der Waals surface area (Å²) in [6.07, 6.45) is 2.54. The Hall–Kier alpha value is -0.470. The summed E-state index contributed by atoms with van der Waals surface area (Å²) in [5.41, 5.74) is 0. The van der Waals surface area contributed by atoms with E-state index in [0.717, 1.165) is 24.1 Å². The third-order valence-electron chi connectivity index (χ3n) is 3.40. The molecule has 0 amide bonds. The average Bonchev–Trinajstić information content (AvgIpc) is 2.96. The Balaban J connectivity index is 1.65. The maximum Gasteiger partial charge on any atom is 0.240 e. The van der Waals surface area contributed by atoms with Crippen LogP contribution in [0.5, 0.6) is 0 Å². The van der Waals surface area contributed by atoms with Crippen molar-refractivity contribution in [1.82, 2.24) is 9.62 Å². The van der Waals surface area contributed by atoms with E-state index in [1.807, 2.05) is 0 Å². The van der Waals surface area contributed by atoms with Crippen LogP contribution in [0.2, 0.25) is 0 Å². The maximum atomic E-state index is 12.0. The molecule has 2 rings (SSSR count). The van der Waals surface area contributed by atoms with Crippen molar-refractivity contribution >= 4 is 26.0 Å². The van der Waals surface area contributed by atoms with Gasteiger partial charge in [-0.2, -0.15) is 0 Å². The summed E-state index contributed by atoms with van der Waals surface area (Å²) >= 11 is 3.27. The molecule has 1 aromatic carbocycles. The number of ether oxygens (including phenoxy) is 1. The Bertz CT molecular complexity index is 545. The number of hydrogen-bond acceptors (Lipinski definition) is 4. The number of rotatable bonds is 8. The summed E-state index contributed by atoms with van der Waals surface area (Å²) in [5.74, 6) is 0. The van der Waals surface area contributed by atoms with Crippen molar-refractivity contribution < 1.29 is 13.2 Å². The van der Waals surface area contributed by atoms with Crippen LogP contribution in [-0.4, -0.2) is 52.7 Å². The van der Waals surface area contributed by atoms with Gasteiger partial charge in [0.25, 0.3) is 0 Å². The highest BCUT2D eigenvalue weighted by Gasteiger charge is 2.13. The molecule has 0 aliphatic carbocycles. The fraction of sp³-hybridized carbons (Fsp3) is 0.571. The standard InChI is InChI=1S/C14H21BrN2O3S/c15-13-4-3-5-14(12-13)21(18,19)16-6-10-20-11-9-17-7-1-2-8-17/h3-5,12,16H,1-2,6-11H2. The van der Waals surface area contributed by atoms with E-state index in [4.69, 9.17) is 4.74 Å². The van der Waals surface area contributed by atoms with Crippen molar-refractivity contribution in [3.8, 4) is 0 Å². The van der Waals surface area contributed by atoms with Crippen LogP contribution in [0.4, 0.5) is 0 Å². The molecule has 0 spiro atoms. The van der Waals surface area contributed by atoms with Crippen LogP contribution in [0.1, 0.15) is 12.8 Å². The predicted octanol–water partition coefficient (Wildman–Crippen LogP) is 1.84. The van der Waals surface area contributed by atoms with Crippen molar-refractivity contribution in [1.29, 1.82) is 0 Å². The first-order valence-corrected chi connectivity index (χ1v) is 9.41. The van der Waals surface area contributed by atoms with Gasteiger partial charge < -0.3 is 9.64 Å². The fourth-order valence-electron chi connectivity index (χ4n) is 2.27. The highest BCUT2D eigenvalue weighted by atomic mass is 79.9. The topological polar surface area (TPSA) is 58.6 Å². The van der Waals surface area contributed by atoms with Gasteiger partial charge in [0, 0.05) is 17.6 Å². The number of nitrogens with zero attached hydrogens (tertiary/aromatic N) is 1. The van der Waals surface area contributed by atoms with Crippen LogP contribution in [0.3, 0.4) is 0 Å². The van der Waals surface area contributed by atoms with Gasteiger partial charge in [-0.15, -0.1) is 0 Å². The normalized spacial score (nSPS) is 16.4. The zero-order valence-electron chi connectivity index (χ0n) is 11.9. The van der Waals surface area contributed by atoms with Gasteiger partial charge in [0.2, 0.25) is 10.0 Å². The summed E-state index contributed by atoms with van der Waals surface area (Å²) in [7, 11) is -3.46. The van der Waals surface area contributed by atoms with Crippen molar-refractivity contribution in [2.24, 2.45) is 0 Å². The first kappa shape index (κ1) is 16.9. The first-order chi connectivity index (χ1) is 10.1. The molecule has 1 heterocycles. The Morgan fingerprint density at radius 1 is 1.24 bits per heavy atom. The lowest BCUT2D eigenvalue weighted by Crippen LogP contribution is -2.29. The fourth-order valence-corrected chi connectivity index (χ4v) is 3.88. The molecule has 1 aromatic rings. The van der Waals surface area contributed by atoms with Gasteiger partial charge in [0.1, 0.15) is 0 Å². The average molecular weight is 377 g/mol. The first-order valence-electron chi connectivity index (χ1n) is 7.13. The van der Waals surface area contributed by atoms with Gasteiger partial charge in [-0.05, 0) is 44.1 Å². The number of hydrogen-bond donors (Lipinski definition) is 1. The molecule has 0 bridgehead atoms. The minimum atomic E-state index is -3.46. The van der Waals surface area contributed by atoms with Crippen LogP contribution in [-0.2, 0) is 14.8 Å². The largest absolute Gasteiger partial charge is 0.379 e.